The molecule has 0 fully saturated rings. The van der Waals surface area contributed by atoms with Crippen LogP contribution in [-0.4, -0.2) is 29.6 Å². The number of esters is 1. The predicted molar refractivity (Wildman–Crippen MR) is 74.7 cm³/mol. The number of hydrogen-bond acceptors (Lipinski definition) is 4. The van der Waals surface area contributed by atoms with E-state index in [2.05, 4.69) is 0 Å². The van der Waals surface area contributed by atoms with Crippen LogP contribution >= 0.6 is 0 Å². The Balaban J connectivity index is 4.12. The fourth-order valence-electron chi connectivity index (χ4n) is 1.73. The SMILES string of the molecule is CC(=O)OC(CC=C(C)CCCC(C)CO)C(C)=O. The first-order valence-corrected chi connectivity index (χ1v) is 6.81. The maximum Gasteiger partial charge on any atom is 0.303 e. The molecule has 0 aliphatic heterocycles. The molecule has 0 heterocycles. The van der Waals surface area contributed by atoms with E-state index in [1.807, 2.05) is 19.9 Å². The highest BCUT2D eigenvalue weighted by Gasteiger charge is 2.15. The van der Waals surface area contributed by atoms with Crippen LogP contribution in [0.3, 0.4) is 0 Å². The van der Waals surface area contributed by atoms with E-state index in [-0.39, 0.29) is 12.4 Å². The topological polar surface area (TPSA) is 63.6 Å². The van der Waals surface area contributed by atoms with E-state index in [1.54, 1.807) is 0 Å². The van der Waals surface area contributed by atoms with Gasteiger partial charge in [0.05, 0.1) is 0 Å². The molecular formula is C15H26O4. The van der Waals surface area contributed by atoms with Gasteiger partial charge in [-0.05, 0) is 39.0 Å². The number of rotatable bonds is 9. The van der Waals surface area contributed by atoms with Crippen molar-refractivity contribution in [3.05, 3.63) is 11.6 Å². The number of aliphatic hydroxyl groups is 1. The summed E-state index contributed by atoms with van der Waals surface area (Å²) in [5.74, 6) is -0.227. The standard InChI is InChI=1S/C15H26O4/c1-11(6-5-7-12(2)10-16)8-9-15(13(3)17)19-14(4)18/h8,12,15-16H,5-7,9-10H2,1-4H3. The third kappa shape index (κ3) is 9.42. The normalized spacial score (nSPS) is 14.9. The lowest BCUT2D eigenvalue weighted by atomic mass is 10.0. The smallest absolute Gasteiger partial charge is 0.303 e. The zero-order chi connectivity index (χ0) is 14.8. The monoisotopic (exact) mass is 270 g/mol. The summed E-state index contributed by atoms with van der Waals surface area (Å²) in [5.41, 5.74) is 1.18. The summed E-state index contributed by atoms with van der Waals surface area (Å²) in [7, 11) is 0. The molecule has 0 aromatic heterocycles. The Morgan fingerprint density at radius 3 is 2.37 bits per heavy atom. The Hall–Kier alpha value is -1.16. The minimum atomic E-state index is -0.663. The molecule has 4 nitrogen and oxygen atoms in total. The molecule has 0 aromatic rings. The molecule has 0 aromatic carbocycles. The van der Waals surface area contributed by atoms with E-state index >= 15 is 0 Å². The van der Waals surface area contributed by atoms with Crippen LogP contribution in [0.15, 0.2) is 11.6 Å². The van der Waals surface area contributed by atoms with Gasteiger partial charge < -0.3 is 9.84 Å². The van der Waals surface area contributed by atoms with Crippen LogP contribution in [-0.2, 0) is 14.3 Å². The first kappa shape index (κ1) is 17.8. The molecule has 110 valence electrons. The van der Waals surface area contributed by atoms with Crippen LogP contribution < -0.4 is 0 Å². The molecule has 2 atom stereocenters. The van der Waals surface area contributed by atoms with Crippen molar-refractivity contribution < 1.29 is 19.4 Å². The van der Waals surface area contributed by atoms with Gasteiger partial charge in [0.2, 0.25) is 0 Å². The largest absolute Gasteiger partial charge is 0.454 e. The van der Waals surface area contributed by atoms with E-state index in [0.29, 0.717) is 12.3 Å². The van der Waals surface area contributed by atoms with Crippen molar-refractivity contribution in [1.29, 1.82) is 0 Å². The molecule has 0 bridgehead atoms. The summed E-state index contributed by atoms with van der Waals surface area (Å²) >= 11 is 0. The average Bonchev–Trinajstić information content (AvgIpc) is 2.33. The van der Waals surface area contributed by atoms with Gasteiger partial charge in [0.25, 0.3) is 0 Å². The van der Waals surface area contributed by atoms with Crippen LogP contribution in [0.5, 0.6) is 0 Å². The fourth-order valence-corrected chi connectivity index (χ4v) is 1.73. The Kier molecular flexibility index (Phi) is 9.13. The zero-order valence-corrected chi connectivity index (χ0v) is 12.4. The van der Waals surface area contributed by atoms with Gasteiger partial charge in [0, 0.05) is 20.0 Å². The van der Waals surface area contributed by atoms with Crippen LogP contribution in [0, 0.1) is 5.92 Å². The van der Waals surface area contributed by atoms with Gasteiger partial charge in [-0.3, -0.25) is 9.59 Å². The number of ether oxygens (including phenoxy) is 1. The van der Waals surface area contributed by atoms with Crippen molar-refractivity contribution in [2.24, 2.45) is 5.92 Å². The third-order valence-electron chi connectivity index (χ3n) is 3.02. The molecule has 0 rings (SSSR count). The quantitative estimate of drug-likeness (QED) is 0.517. The maximum atomic E-state index is 11.3. The molecule has 1 N–H and O–H groups in total. The third-order valence-corrected chi connectivity index (χ3v) is 3.02. The molecule has 19 heavy (non-hydrogen) atoms. The molecule has 0 spiro atoms. The second kappa shape index (κ2) is 9.73. The van der Waals surface area contributed by atoms with Gasteiger partial charge >= 0.3 is 5.97 Å². The number of allylic oxidation sites excluding steroid dienone is 1. The first-order chi connectivity index (χ1) is 8.86. The lowest BCUT2D eigenvalue weighted by Crippen LogP contribution is -2.23. The first-order valence-electron chi connectivity index (χ1n) is 6.81. The molecule has 0 saturated heterocycles. The minimum absolute atomic E-state index is 0.131. The number of aliphatic hydroxyl groups excluding tert-OH is 1. The Labute approximate surface area is 115 Å². The zero-order valence-electron chi connectivity index (χ0n) is 12.4. The van der Waals surface area contributed by atoms with Gasteiger partial charge in [0.15, 0.2) is 11.9 Å². The molecule has 0 saturated carbocycles. The molecule has 2 unspecified atom stereocenters. The lowest BCUT2D eigenvalue weighted by molar-refractivity contribution is -0.152. The number of ketones is 1. The lowest BCUT2D eigenvalue weighted by Gasteiger charge is -2.12. The van der Waals surface area contributed by atoms with Gasteiger partial charge in [-0.25, -0.2) is 0 Å². The van der Waals surface area contributed by atoms with Crippen molar-refractivity contribution in [2.45, 2.75) is 59.5 Å². The van der Waals surface area contributed by atoms with E-state index < -0.39 is 12.1 Å². The van der Waals surface area contributed by atoms with Crippen molar-refractivity contribution in [1.82, 2.24) is 0 Å². The average molecular weight is 270 g/mol. The molecule has 4 heteroatoms. The molecule has 0 amide bonds. The summed E-state index contributed by atoms with van der Waals surface area (Å²) < 4.78 is 4.96. The van der Waals surface area contributed by atoms with Crippen LogP contribution in [0.1, 0.15) is 53.4 Å². The molecular weight excluding hydrogens is 244 g/mol. The second-order valence-corrected chi connectivity index (χ2v) is 5.17. The number of Topliss-reactive ketones (excluding diaryl/α,β-unsaturated/α-hetero) is 1. The van der Waals surface area contributed by atoms with Crippen LogP contribution in [0.4, 0.5) is 0 Å². The summed E-state index contributed by atoms with van der Waals surface area (Å²) in [4.78, 5) is 22.2. The van der Waals surface area contributed by atoms with Crippen LogP contribution in [0.2, 0.25) is 0 Å². The molecule has 0 radical (unpaired) electrons. The highest BCUT2D eigenvalue weighted by Crippen LogP contribution is 2.13. The van der Waals surface area contributed by atoms with E-state index in [4.69, 9.17) is 9.84 Å². The van der Waals surface area contributed by atoms with E-state index in [9.17, 15) is 9.59 Å². The highest BCUT2D eigenvalue weighted by atomic mass is 16.5. The van der Waals surface area contributed by atoms with Crippen molar-refractivity contribution >= 4 is 11.8 Å². The number of carbonyl (C=O) groups excluding carboxylic acids is 2. The van der Waals surface area contributed by atoms with Crippen molar-refractivity contribution in [2.75, 3.05) is 6.61 Å². The van der Waals surface area contributed by atoms with Crippen molar-refractivity contribution in [3.8, 4) is 0 Å². The number of carbonyl (C=O) groups is 2. The summed E-state index contributed by atoms with van der Waals surface area (Å²) in [6.07, 6.45) is 4.68. The van der Waals surface area contributed by atoms with Crippen LogP contribution in [0.25, 0.3) is 0 Å². The Bertz CT molecular complexity index is 320. The Morgan fingerprint density at radius 2 is 1.89 bits per heavy atom. The summed E-state index contributed by atoms with van der Waals surface area (Å²) in [6.45, 7) is 6.99. The minimum Gasteiger partial charge on any atom is -0.454 e. The van der Waals surface area contributed by atoms with E-state index in [0.717, 1.165) is 19.3 Å². The van der Waals surface area contributed by atoms with Crippen molar-refractivity contribution in [3.63, 3.8) is 0 Å². The fraction of sp³-hybridized carbons (Fsp3) is 0.733. The summed E-state index contributed by atoms with van der Waals surface area (Å²) in [5, 5.41) is 8.92. The summed E-state index contributed by atoms with van der Waals surface area (Å²) in [6, 6.07) is 0. The van der Waals surface area contributed by atoms with Gasteiger partial charge in [-0.15, -0.1) is 0 Å². The molecule has 0 aliphatic rings. The number of hydrogen-bond donors (Lipinski definition) is 1. The highest BCUT2D eigenvalue weighted by molar-refractivity contribution is 5.83. The van der Waals surface area contributed by atoms with Gasteiger partial charge in [-0.1, -0.05) is 18.6 Å². The Morgan fingerprint density at radius 1 is 1.26 bits per heavy atom. The predicted octanol–water partition coefficient (Wildman–Crippen LogP) is 2.64. The van der Waals surface area contributed by atoms with Gasteiger partial charge in [0.1, 0.15) is 0 Å². The molecule has 0 aliphatic carbocycles. The second-order valence-electron chi connectivity index (χ2n) is 5.17. The van der Waals surface area contributed by atoms with Gasteiger partial charge in [-0.2, -0.15) is 0 Å². The maximum absolute atomic E-state index is 11.3. The van der Waals surface area contributed by atoms with E-state index in [1.165, 1.54) is 19.4 Å².